The third kappa shape index (κ3) is 4.28. The maximum atomic E-state index is 12.7. The molecule has 2 N–H and O–H groups in total. The van der Waals surface area contributed by atoms with Gasteiger partial charge in [-0.2, -0.15) is 13.2 Å². The summed E-state index contributed by atoms with van der Waals surface area (Å²) in [4.78, 5) is 0. The molecule has 0 aromatic heterocycles. The van der Waals surface area contributed by atoms with E-state index in [1.54, 1.807) is 18.2 Å². The lowest BCUT2D eigenvalue weighted by atomic mass is 10.1. The molecule has 0 unspecified atom stereocenters. The molecule has 0 aliphatic carbocycles. The van der Waals surface area contributed by atoms with Crippen LogP contribution < -0.4 is 5.32 Å². The first kappa shape index (κ1) is 16.0. The first-order valence-electron chi connectivity index (χ1n) is 5.85. The summed E-state index contributed by atoms with van der Waals surface area (Å²) >= 11 is 8.83. The zero-order valence-electron chi connectivity index (χ0n) is 10.5. The first-order valence-corrected chi connectivity index (χ1v) is 7.02. The summed E-state index contributed by atoms with van der Waals surface area (Å²) in [5, 5.41) is 12.4. The van der Waals surface area contributed by atoms with Crippen molar-refractivity contribution in [1.82, 2.24) is 0 Å². The Labute approximate surface area is 132 Å². The molecule has 0 heterocycles. The number of phenolic OH excluding ortho intramolecular Hbond substituents is 1. The van der Waals surface area contributed by atoms with Crippen molar-refractivity contribution in [2.75, 3.05) is 5.32 Å². The lowest BCUT2D eigenvalue weighted by molar-refractivity contribution is -0.137. The van der Waals surface area contributed by atoms with E-state index in [0.717, 1.165) is 17.7 Å². The lowest BCUT2D eigenvalue weighted by Crippen LogP contribution is -2.07. The van der Waals surface area contributed by atoms with Crippen molar-refractivity contribution in [3.05, 3.63) is 57.0 Å². The Kier molecular flexibility index (Phi) is 4.68. The second kappa shape index (κ2) is 6.15. The molecule has 21 heavy (non-hydrogen) atoms. The van der Waals surface area contributed by atoms with Crippen LogP contribution in [0.15, 0.2) is 40.9 Å². The van der Waals surface area contributed by atoms with Crippen molar-refractivity contribution in [2.45, 2.75) is 12.7 Å². The van der Waals surface area contributed by atoms with Gasteiger partial charge in [-0.15, -0.1) is 0 Å². The molecular formula is C14H10BrClF3NO. The molecule has 0 spiro atoms. The number of hydrogen-bond donors (Lipinski definition) is 2. The van der Waals surface area contributed by atoms with E-state index in [4.69, 9.17) is 11.6 Å². The SMILES string of the molecule is Oc1ccc(CNc2cc(Br)cc(C(F)(F)F)c2)cc1Cl. The number of halogens is 5. The Bertz CT molecular complexity index is 661. The minimum Gasteiger partial charge on any atom is -0.506 e. The molecule has 2 aromatic carbocycles. The molecule has 0 fully saturated rings. The minimum absolute atomic E-state index is 0.0396. The summed E-state index contributed by atoms with van der Waals surface area (Å²) in [6.45, 7) is 0.285. The predicted octanol–water partition coefficient (Wildman–Crippen LogP) is 5.44. The quantitative estimate of drug-likeness (QED) is 0.743. The molecule has 2 nitrogen and oxygen atoms in total. The van der Waals surface area contributed by atoms with E-state index >= 15 is 0 Å². The van der Waals surface area contributed by atoms with Gasteiger partial charge in [-0.05, 0) is 35.9 Å². The average molecular weight is 381 g/mol. The molecule has 0 atom stereocenters. The molecule has 2 aromatic rings. The van der Waals surface area contributed by atoms with Crippen molar-refractivity contribution in [3.8, 4) is 5.75 Å². The second-order valence-corrected chi connectivity index (χ2v) is 5.69. The number of phenols is 1. The van der Waals surface area contributed by atoms with E-state index in [1.165, 1.54) is 6.07 Å². The van der Waals surface area contributed by atoms with E-state index in [-0.39, 0.29) is 17.3 Å². The fourth-order valence-corrected chi connectivity index (χ4v) is 2.42. The number of benzene rings is 2. The van der Waals surface area contributed by atoms with Crippen LogP contribution in [-0.2, 0) is 12.7 Å². The summed E-state index contributed by atoms with van der Waals surface area (Å²) in [5.41, 5.74) is 0.343. The van der Waals surface area contributed by atoms with Crippen LogP contribution in [0.2, 0.25) is 5.02 Å². The Balaban J connectivity index is 2.16. The molecule has 0 radical (unpaired) electrons. The van der Waals surface area contributed by atoms with E-state index in [9.17, 15) is 18.3 Å². The number of aromatic hydroxyl groups is 1. The van der Waals surface area contributed by atoms with E-state index in [0.29, 0.717) is 10.2 Å². The van der Waals surface area contributed by atoms with E-state index in [2.05, 4.69) is 21.2 Å². The van der Waals surface area contributed by atoms with E-state index < -0.39 is 11.7 Å². The van der Waals surface area contributed by atoms with Crippen LogP contribution in [-0.4, -0.2) is 5.11 Å². The molecule has 0 bridgehead atoms. The summed E-state index contributed by atoms with van der Waals surface area (Å²) < 4.78 is 38.5. The fourth-order valence-electron chi connectivity index (χ4n) is 1.72. The fraction of sp³-hybridized carbons (Fsp3) is 0.143. The van der Waals surface area contributed by atoms with Crippen molar-refractivity contribution in [2.24, 2.45) is 0 Å². The number of rotatable bonds is 3. The topological polar surface area (TPSA) is 32.3 Å². The molecule has 7 heteroatoms. The number of anilines is 1. The highest BCUT2D eigenvalue weighted by Gasteiger charge is 2.31. The molecule has 0 aliphatic heterocycles. The molecular weight excluding hydrogens is 371 g/mol. The van der Waals surface area contributed by atoms with Gasteiger partial charge >= 0.3 is 6.18 Å². The zero-order chi connectivity index (χ0) is 15.6. The van der Waals surface area contributed by atoms with Gasteiger partial charge in [-0.3, -0.25) is 0 Å². The van der Waals surface area contributed by atoms with Gasteiger partial charge in [0, 0.05) is 16.7 Å². The highest BCUT2D eigenvalue weighted by atomic mass is 79.9. The Morgan fingerprint density at radius 1 is 1.14 bits per heavy atom. The van der Waals surface area contributed by atoms with Gasteiger partial charge in [0.15, 0.2) is 0 Å². The minimum atomic E-state index is -4.40. The van der Waals surface area contributed by atoms with Gasteiger partial charge in [0.25, 0.3) is 0 Å². The largest absolute Gasteiger partial charge is 0.506 e. The molecule has 0 saturated heterocycles. The lowest BCUT2D eigenvalue weighted by Gasteiger charge is -2.12. The van der Waals surface area contributed by atoms with E-state index in [1.807, 2.05) is 0 Å². The Morgan fingerprint density at radius 3 is 2.48 bits per heavy atom. The molecule has 0 aliphatic rings. The maximum Gasteiger partial charge on any atom is 0.416 e. The molecule has 0 amide bonds. The number of hydrogen-bond acceptors (Lipinski definition) is 2. The van der Waals surface area contributed by atoms with Crippen LogP contribution in [0, 0.1) is 0 Å². The summed E-state index contributed by atoms with van der Waals surface area (Å²) in [6, 6.07) is 8.22. The summed E-state index contributed by atoms with van der Waals surface area (Å²) in [5.74, 6) is -0.0396. The second-order valence-electron chi connectivity index (χ2n) is 4.37. The number of nitrogens with one attached hydrogen (secondary N) is 1. The van der Waals surface area contributed by atoms with Gasteiger partial charge < -0.3 is 10.4 Å². The Morgan fingerprint density at radius 2 is 1.86 bits per heavy atom. The summed E-state index contributed by atoms with van der Waals surface area (Å²) in [6.07, 6.45) is -4.40. The van der Waals surface area contributed by atoms with Crippen molar-refractivity contribution in [1.29, 1.82) is 0 Å². The van der Waals surface area contributed by atoms with Crippen LogP contribution in [0.1, 0.15) is 11.1 Å². The van der Waals surface area contributed by atoms with Crippen molar-refractivity contribution >= 4 is 33.2 Å². The summed E-state index contributed by atoms with van der Waals surface area (Å²) in [7, 11) is 0. The highest BCUT2D eigenvalue weighted by Crippen LogP contribution is 2.33. The van der Waals surface area contributed by atoms with Gasteiger partial charge in [-0.25, -0.2) is 0 Å². The third-order valence-corrected chi connectivity index (χ3v) is 3.49. The zero-order valence-corrected chi connectivity index (χ0v) is 12.9. The van der Waals surface area contributed by atoms with Crippen LogP contribution in [0.25, 0.3) is 0 Å². The first-order chi connectivity index (χ1) is 9.75. The molecule has 2 rings (SSSR count). The monoisotopic (exact) mass is 379 g/mol. The Hall–Kier alpha value is -1.40. The van der Waals surface area contributed by atoms with Gasteiger partial charge in [-0.1, -0.05) is 33.6 Å². The van der Waals surface area contributed by atoms with Crippen LogP contribution >= 0.6 is 27.5 Å². The van der Waals surface area contributed by atoms with Crippen molar-refractivity contribution in [3.63, 3.8) is 0 Å². The van der Waals surface area contributed by atoms with Gasteiger partial charge in [0.1, 0.15) is 5.75 Å². The normalized spacial score (nSPS) is 11.5. The van der Waals surface area contributed by atoms with Crippen LogP contribution in [0.5, 0.6) is 5.75 Å². The third-order valence-electron chi connectivity index (χ3n) is 2.73. The van der Waals surface area contributed by atoms with Crippen molar-refractivity contribution < 1.29 is 18.3 Å². The van der Waals surface area contributed by atoms with Crippen LogP contribution in [0.4, 0.5) is 18.9 Å². The predicted molar refractivity (Wildman–Crippen MR) is 79.6 cm³/mol. The average Bonchev–Trinajstić information content (AvgIpc) is 2.38. The molecule has 112 valence electrons. The highest BCUT2D eigenvalue weighted by molar-refractivity contribution is 9.10. The number of alkyl halides is 3. The molecule has 0 saturated carbocycles. The smallest absolute Gasteiger partial charge is 0.416 e. The maximum absolute atomic E-state index is 12.7. The van der Waals surface area contributed by atoms with Crippen LogP contribution in [0.3, 0.4) is 0 Å². The standard InChI is InChI=1S/C14H10BrClF3NO/c15-10-4-9(14(17,18)19)5-11(6-10)20-7-8-1-2-13(21)12(16)3-8/h1-6,20-21H,7H2. The van der Waals surface area contributed by atoms with Gasteiger partial charge in [0.2, 0.25) is 0 Å². The van der Waals surface area contributed by atoms with Gasteiger partial charge in [0.05, 0.1) is 10.6 Å².